The van der Waals surface area contributed by atoms with Crippen LogP contribution in [0.3, 0.4) is 0 Å². The van der Waals surface area contributed by atoms with Gasteiger partial charge >= 0.3 is 6.09 Å². The topological polar surface area (TPSA) is 178 Å². The van der Waals surface area contributed by atoms with Crippen LogP contribution in [0.5, 0.6) is 0 Å². The summed E-state index contributed by atoms with van der Waals surface area (Å²) in [4.78, 5) is 12.6. The van der Waals surface area contributed by atoms with Gasteiger partial charge in [-0.15, -0.1) is 0 Å². The van der Waals surface area contributed by atoms with E-state index < -0.39 is 42.8 Å². The van der Waals surface area contributed by atoms with E-state index in [1.54, 1.807) is 25.7 Å². The van der Waals surface area contributed by atoms with Crippen LogP contribution in [0.4, 0.5) is 4.79 Å². The van der Waals surface area contributed by atoms with E-state index in [0.29, 0.717) is 25.9 Å². The van der Waals surface area contributed by atoms with Crippen LogP contribution in [0.15, 0.2) is 68.1 Å². The van der Waals surface area contributed by atoms with Crippen molar-refractivity contribution in [2.75, 3.05) is 19.6 Å². The van der Waals surface area contributed by atoms with E-state index in [-0.39, 0.29) is 45.6 Å². The fourth-order valence-corrected chi connectivity index (χ4v) is 7.23. The second-order valence-corrected chi connectivity index (χ2v) is 19.5. The number of benzene rings is 2. The number of nitrogens with zero attached hydrogens (tertiary/aromatic N) is 1. The first-order valence-corrected chi connectivity index (χ1v) is 20.4. The quantitative estimate of drug-likeness (QED) is 0.391. The van der Waals surface area contributed by atoms with Crippen molar-refractivity contribution in [3.8, 4) is 0 Å². The van der Waals surface area contributed by atoms with E-state index >= 15 is 0 Å². The lowest BCUT2D eigenvalue weighted by molar-refractivity contribution is 0.0185. The molecule has 2 aromatic rings. The summed E-state index contributed by atoms with van der Waals surface area (Å²) < 4.78 is 98.9. The molecule has 1 amide bonds. The molecular weight excluding hydrogens is 711 g/mol. The number of sulfonamides is 1. The Hall–Kier alpha value is -1.66. The second-order valence-electron chi connectivity index (χ2n) is 10.0. The molecule has 0 radical (unpaired) electrons. The van der Waals surface area contributed by atoms with Crippen LogP contribution in [0, 0.1) is 5.92 Å². The van der Waals surface area contributed by atoms with Crippen LogP contribution < -0.4 is 4.72 Å². The van der Waals surface area contributed by atoms with Crippen molar-refractivity contribution in [3.05, 3.63) is 48.5 Å². The predicted molar refractivity (Wildman–Crippen MR) is 164 cm³/mol. The number of ether oxygens (including phenoxy) is 1. The van der Waals surface area contributed by atoms with Gasteiger partial charge in [-0.25, -0.2) is 43.2 Å². The third-order valence-corrected chi connectivity index (χ3v) is 11.1. The van der Waals surface area contributed by atoms with Crippen LogP contribution in [-0.4, -0.2) is 69.9 Å². The highest BCUT2D eigenvalue weighted by atomic mass is 35.7. The molecule has 43 heavy (non-hydrogen) atoms. The summed E-state index contributed by atoms with van der Waals surface area (Å²) in [6, 6.07) is 9.36. The van der Waals surface area contributed by atoms with E-state index in [4.69, 9.17) is 36.8 Å². The number of carbonyl (C=O) groups excluding carboxylic acids is 1. The molecule has 19 heteroatoms. The maximum Gasteiger partial charge on any atom is 0.410 e. The number of rotatable bonds is 7. The SMILES string of the molecule is C.CC(C)(C)OC(=O)N1CCC(CNS(=O)(=O)c2cccc(S(=O)(=O)Cl)c2)CC1.O=S(=O)(Cl)c1cccc(S(=O)(=O)Cl)c1. The molecule has 0 bridgehead atoms. The Labute approximate surface area is 267 Å². The highest BCUT2D eigenvalue weighted by Crippen LogP contribution is 2.23. The Morgan fingerprint density at radius 2 is 1.16 bits per heavy atom. The van der Waals surface area contributed by atoms with Crippen molar-refractivity contribution in [1.82, 2.24) is 9.62 Å². The minimum Gasteiger partial charge on any atom is -0.444 e. The Bertz CT molecular complexity index is 1670. The fourth-order valence-electron chi connectivity index (χ4n) is 3.53. The van der Waals surface area contributed by atoms with Crippen molar-refractivity contribution in [2.45, 2.75) is 66.2 Å². The third-order valence-electron chi connectivity index (χ3n) is 5.59. The lowest BCUT2D eigenvalue weighted by Gasteiger charge is -2.33. The average Bonchev–Trinajstić information content (AvgIpc) is 2.86. The van der Waals surface area contributed by atoms with E-state index in [1.165, 1.54) is 36.4 Å². The second kappa shape index (κ2) is 15.1. The molecule has 1 saturated heterocycles. The fraction of sp³-hybridized carbons (Fsp3) is 0.458. The molecule has 1 N–H and O–H groups in total. The molecule has 0 unspecified atom stereocenters. The molecule has 1 fully saturated rings. The summed E-state index contributed by atoms with van der Waals surface area (Å²) in [5, 5.41) is 0. The van der Waals surface area contributed by atoms with Gasteiger partial charge in [0, 0.05) is 51.7 Å². The van der Waals surface area contributed by atoms with Crippen molar-refractivity contribution in [2.24, 2.45) is 5.92 Å². The molecule has 0 saturated carbocycles. The van der Waals surface area contributed by atoms with Gasteiger partial charge in [-0.05, 0) is 75.9 Å². The minimum absolute atomic E-state index is 0. The number of halogens is 3. The van der Waals surface area contributed by atoms with Gasteiger partial charge in [-0.2, -0.15) is 0 Å². The minimum atomic E-state index is -4.02. The molecule has 0 aromatic heterocycles. The standard InChI is InChI=1S/C17H25ClN2O6S2.C6H4Cl2O4S2.CH4/c1-17(2,3)26-16(21)20-9-7-13(8-10-20)12-19-28(24,25)15-6-4-5-14(11-15)27(18,22)23;7-13(9,10)5-2-1-3-6(4-5)14(8,11)12;/h4-6,11,13,19H,7-10,12H2,1-3H3;1-4H;1H4. The third kappa shape index (κ3) is 13.1. The van der Waals surface area contributed by atoms with E-state index in [9.17, 15) is 38.5 Å². The molecule has 2 aromatic carbocycles. The van der Waals surface area contributed by atoms with Gasteiger partial charge in [0.05, 0.1) is 19.6 Å². The molecule has 12 nitrogen and oxygen atoms in total. The zero-order valence-electron chi connectivity index (χ0n) is 22.5. The highest BCUT2D eigenvalue weighted by molar-refractivity contribution is 8.14. The van der Waals surface area contributed by atoms with Crippen LogP contribution in [-0.2, 0) is 41.9 Å². The Kier molecular flexibility index (Phi) is 13.8. The summed E-state index contributed by atoms with van der Waals surface area (Å²) in [5.74, 6) is 0.0633. The first-order chi connectivity index (χ1) is 19.0. The number of hydrogen-bond acceptors (Lipinski definition) is 10. The molecule has 0 spiro atoms. The van der Waals surface area contributed by atoms with Crippen LogP contribution in [0.1, 0.15) is 41.0 Å². The highest BCUT2D eigenvalue weighted by Gasteiger charge is 2.28. The van der Waals surface area contributed by atoms with Gasteiger partial charge in [-0.1, -0.05) is 19.6 Å². The van der Waals surface area contributed by atoms with E-state index in [1.807, 2.05) is 0 Å². The molecular formula is C24H33Cl3N2O10S4. The van der Waals surface area contributed by atoms with Crippen molar-refractivity contribution < 1.29 is 43.2 Å². The average molecular weight is 744 g/mol. The largest absolute Gasteiger partial charge is 0.444 e. The number of carbonyl (C=O) groups is 1. The summed E-state index contributed by atoms with van der Waals surface area (Å²) in [6.45, 7) is 6.58. The van der Waals surface area contributed by atoms with Gasteiger partial charge < -0.3 is 9.64 Å². The lowest BCUT2D eigenvalue weighted by atomic mass is 9.97. The zero-order valence-corrected chi connectivity index (χ0v) is 28.1. The predicted octanol–water partition coefficient (Wildman–Crippen LogP) is 4.72. The normalized spacial score (nSPS) is 15.1. The maximum atomic E-state index is 12.4. The Morgan fingerprint density at radius 3 is 1.53 bits per heavy atom. The zero-order chi connectivity index (χ0) is 32.1. The molecule has 244 valence electrons. The van der Waals surface area contributed by atoms with Gasteiger partial charge in [0.15, 0.2) is 0 Å². The van der Waals surface area contributed by atoms with Gasteiger partial charge in [0.1, 0.15) is 5.60 Å². The van der Waals surface area contributed by atoms with E-state index in [0.717, 1.165) is 12.1 Å². The van der Waals surface area contributed by atoms with Gasteiger partial charge in [-0.3, -0.25) is 0 Å². The van der Waals surface area contributed by atoms with E-state index in [2.05, 4.69) is 4.72 Å². The van der Waals surface area contributed by atoms with Gasteiger partial charge in [0.25, 0.3) is 27.2 Å². The first kappa shape index (κ1) is 39.4. The Morgan fingerprint density at radius 1 is 0.791 bits per heavy atom. The molecule has 0 aliphatic carbocycles. The number of piperidine rings is 1. The number of nitrogens with one attached hydrogen (secondary N) is 1. The smallest absolute Gasteiger partial charge is 0.410 e. The van der Waals surface area contributed by atoms with Crippen molar-refractivity contribution in [3.63, 3.8) is 0 Å². The lowest BCUT2D eigenvalue weighted by Crippen LogP contribution is -2.43. The van der Waals surface area contributed by atoms with Crippen molar-refractivity contribution >= 4 is 75.3 Å². The summed E-state index contributed by atoms with van der Waals surface area (Å²) in [5.41, 5.74) is -0.561. The molecule has 3 rings (SSSR count). The number of amides is 1. The first-order valence-electron chi connectivity index (χ1n) is 12.0. The summed E-state index contributed by atoms with van der Waals surface area (Å²) in [7, 11) is -0.462. The summed E-state index contributed by atoms with van der Waals surface area (Å²) in [6.07, 6.45) is 0.904. The van der Waals surface area contributed by atoms with Crippen LogP contribution in [0.25, 0.3) is 0 Å². The Balaban J connectivity index is 0.000000519. The molecule has 1 aliphatic rings. The molecule has 1 aliphatic heterocycles. The maximum absolute atomic E-state index is 12.4. The molecule has 0 atom stereocenters. The van der Waals surface area contributed by atoms with Crippen molar-refractivity contribution in [1.29, 1.82) is 0 Å². The molecule has 1 heterocycles. The van der Waals surface area contributed by atoms with Crippen LogP contribution >= 0.6 is 32.0 Å². The summed E-state index contributed by atoms with van der Waals surface area (Å²) >= 11 is 0. The monoisotopic (exact) mass is 742 g/mol. The van der Waals surface area contributed by atoms with Gasteiger partial charge in [0.2, 0.25) is 10.0 Å². The number of hydrogen-bond donors (Lipinski definition) is 1. The number of likely N-dealkylation sites (tertiary alicyclic amines) is 1. The van der Waals surface area contributed by atoms with Crippen LogP contribution in [0.2, 0.25) is 0 Å².